The summed E-state index contributed by atoms with van der Waals surface area (Å²) < 4.78 is 0. The van der Waals surface area contributed by atoms with E-state index in [1.54, 1.807) is 31.3 Å². The van der Waals surface area contributed by atoms with Gasteiger partial charge in [0.1, 0.15) is 5.75 Å². The first kappa shape index (κ1) is 24.0. The van der Waals surface area contributed by atoms with Gasteiger partial charge in [0.05, 0.1) is 11.6 Å². The molecule has 1 aromatic heterocycles. The van der Waals surface area contributed by atoms with Gasteiger partial charge in [-0.2, -0.15) is 0 Å². The normalized spacial score (nSPS) is 12.8. The number of ketones is 1. The van der Waals surface area contributed by atoms with Gasteiger partial charge < -0.3 is 20.6 Å². The van der Waals surface area contributed by atoms with E-state index < -0.39 is 11.9 Å². The van der Waals surface area contributed by atoms with Crippen molar-refractivity contribution in [1.82, 2.24) is 4.98 Å². The second-order valence-corrected chi connectivity index (χ2v) is 8.53. The summed E-state index contributed by atoms with van der Waals surface area (Å²) in [4.78, 5) is 27.4. The highest BCUT2D eigenvalue weighted by Crippen LogP contribution is 2.31. The average Bonchev–Trinajstić information content (AvgIpc) is 3.23. The smallest absolute Gasteiger partial charge is 0.306 e. The van der Waals surface area contributed by atoms with Crippen molar-refractivity contribution in [2.24, 2.45) is 5.92 Å². The van der Waals surface area contributed by atoms with Crippen molar-refractivity contribution in [3.63, 3.8) is 0 Å². The number of aryl methyl sites for hydroxylation is 1. The maximum Gasteiger partial charge on any atom is 0.306 e. The number of carbonyl (C=O) groups excluding carboxylic acids is 1. The van der Waals surface area contributed by atoms with Crippen molar-refractivity contribution in [2.75, 3.05) is 0 Å². The van der Waals surface area contributed by atoms with Gasteiger partial charge >= 0.3 is 5.97 Å². The molecule has 6 heteroatoms. The number of aromatic nitrogens is 1. The van der Waals surface area contributed by atoms with Crippen LogP contribution in [0.25, 0.3) is 11.1 Å². The molecular weight excluding hydrogens is 416 g/mol. The zero-order chi connectivity index (χ0) is 24.1. The molecule has 2 unspecified atom stereocenters. The van der Waals surface area contributed by atoms with Crippen LogP contribution in [-0.2, 0) is 22.4 Å². The number of H-pyrrole nitrogens is 1. The number of carboxylic acids is 1. The fourth-order valence-corrected chi connectivity index (χ4v) is 4.11. The third kappa shape index (κ3) is 5.58. The minimum absolute atomic E-state index is 0.0261. The molecule has 3 rings (SSSR count). The van der Waals surface area contributed by atoms with Gasteiger partial charge in [0.15, 0.2) is 5.78 Å². The van der Waals surface area contributed by atoms with E-state index in [2.05, 4.69) is 4.98 Å². The van der Waals surface area contributed by atoms with Crippen molar-refractivity contribution < 1.29 is 19.8 Å². The quantitative estimate of drug-likeness (QED) is 0.317. The Labute approximate surface area is 193 Å². The molecule has 2 aromatic carbocycles. The monoisotopic (exact) mass is 446 g/mol. The average molecular weight is 447 g/mol. The predicted octanol–water partition coefficient (Wildman–Crippen LogP) is 5.28. The maximum atomic E-state index is 13.1. The lowest BCUT2D eigenvalue weighted by Crippen LogP contribution is -2.23. The van der Waals surface area contributed by atoms with E-state index in [-0.39, 0.29) is 29.6 Å². The molecule has 0 aliphatic carbocycles. The van der Waals surface area contributed by atoms with Crippen molar-refractivity contribution in [3.05, 3.63) is 77.1 Å². The molecule has 1 heterocycles. The number of rotatable bonds is 10. The molecule has 33 heavy (non-hydrogen) atoms. The van der Waals surface area contributed by atoms with Crippen LogP contribution in [-0.4, -0.2) is 32.7 Å². The van der Waals surface area contributed by atoms with E-state index in [0.717, 1.165) is 33.5 Å². The first-order chi connectivity index (χ1) is 15.7. The summed E-state index contributed by atoms with van der Waals surface area (Å²) in [6.07, 6.45) is 2.77. The summed E-state index contributed by atoms with van der Waals surface area (Å²) in [6, 6.07) is 14.6. The molecule has 0 fully saturated rings. The Morgan fingerprint density at radius 2 is 1.82 bits per heavy atom. The molecule has 3 aromatic rings. The first-order valence-electron chi connectivity index (χ1n) is 11.1. The molecule has 0 bridgehead atoms. The van der Waals surface area contributed by atoms with Gasteiger partial charge in [0.25, 0.3) is 0 Å². The second-order valence-electron chi connectivity index (χ2n) is 8.53. The lowest BCUT2D eigenvalue weighted by atomic mass is 9.87. The minimum atomic E-state index is -0.862. The molecule has 6 nitrogen and oxygen atoms in total. The van der Waals surface area contributed by atoms with Crippen LogP contribution in [0.3, 0.4) is 0 Å². The van der Waals surface area contributed by atoms with Crippen molar-refractivity contribution in [1.29, 1.82) is 5.41 Å². The van der Waals surface area contributed by atoms with Gasteiger partial charge in [0, 0.05) is 30.7 Å². The number of nitrogens with one attached hydrogen (secondary N) is 2. The molecule has 0 radical (unpaired) electrons. The highest BCUT2D eigenvalue weighted by Gasteiger charge is 2.24. The number of carbonyl (C=O) groups is 2. The summed E-state index contributed by atoms with van der Waals surface area (Å²) in [6.45, 7) is 5.56. The first-order valence-corrected chi connectivity index (χ1v) is 11.1. The van der Waals surface area contributed by atoms with Crippen LogP contribution in [0.15, 0.2) is 54.7 Å². The number of hydrogen-bond donors (Lipinski definition) is 4. The van der Waals surface area contributed by atoms with Crippen LogP contribution in [0.2, 0.25) is 0 Å². The van der Waals surface area contributed by atoms with E-state index in [1.165, 1.54) is 0 Å². The van der Waals surface area contributed by atoms with Gasteiger partial charge in [0.2, 0.25) is 0 Å². The number of aliphatic carboxylic acids is 1. The van der Waals surface area contributed by atoms with Gasteiger partial charge in [-0.25, -0.2) is 0 Å². The molecule has 4 N–H and O–H groups in total. The molecule has 2 atom stereocenters. The number of phenolic OH excluding ortho intramolecular Hbond substituents is 1. The molecule has 172 valence electrons. The van der Waals surface area contributed by atoms with Crippen LogP contribution in [0.1, 0.15) is 48.6 Å². The van der Waals surface area contributed by atoms with Gasteiger partial charge in [-0.1, -0.05) is 44.2 Å². The Morgan fingerprint density at radius 3 is 2.48 bits per heavy atom. The number of Topliss-reactive ketones (excluding diaryl/α,β-unsaturated/α-hetero) is 1. The summed E-state index contributed by atoms with van der Waals surface area (Å²) in [7, 11) is 0. The Kier molecular flexibility index (Phi) is 7.48. The molecular formula is C27H30N2O4. The molecule has 0 aliphatic rings. The lowest BCUT2D eigenvalue weighted by Gasteiger charge is -2.16. The maximum absolute atomic E-state index is 13.1. The van der Waals surface area contributed by atoms with Gasteiger partial charge in [-0.3, -0.25) is 9.59 Å². The molecule has 0 spiro atoms. The van der Waals surface area contributed by atoms with E-state index in [1.807, 2.05) is 44.2 Å². The molecule has 0 amide bonds. The van der Waals surface area contributed by atoms with E-state index in [0.29, 0.717) is 12.8 Å². The minimum Gasteiger partial charge on any atom is -0.508 e. The van der Waals surface area contributed by atoms with Crippen LogP contribution >= 0.6 is 0 Å². The van der Waals surface area contributed by atoms with Crippen LogP contribution < -0.4 is 0 Å². The fourth-order valence-electron chi connectivity index (χ4n) is 4.11. The van der Waals surface area contributed by atoms with Gasteiger partial charge in [-0.15, -0.1) is 0 Å². The Bertz CT molecular complexity index is 1180. The highest BCUT2D eigenvalue weighted by atomic mass is 16.4. The van der Waals surface area contributed by atoms with Crippen LogP contribution in [0.5, 0.6) is 5.75 Å². The topological polar surface area (TPSA) is 114 Å². The SMILES string of the molecule is CCC(C(=N)C(=O)Cc1ccc(O)cc1-c1ccccc1C)c1c[nH]c(CC(C)C(=O)O)c1. The number of aromatic amines is 1. The predicted molar refractivity (Wildman–Crippen MR) is 129 cm³/mol. The standard InChI is InChI=1S/C27H30N2O4/c1-4-22(19-12-20(29-15-19)11-17(3)27(32)33)26(28)25(31)13-18-9-10-21(30)14-24(18)23-8-6-5-7-16(23)2/h5-10,12,14-15,17,22,28-30H,4,11,13H2,1-3H3,(H,32,33). The van der Waals surface area contributed by atoms with Crippen molar-refractivity contribution in [2.45, 2.75) is 46.0 Å². The van der Waals surface area contributed by atoms with E-state index in [9.17, 15) is 14.7 Å². The Morgan fingerprint density at radius 1 is 1.09 bits per heavy atom. The number of hydrogen-bond acceptors (Lipinski definition) is 4. The summed E-state index contributed by atoms with van der Waals surface area (Å²) in [5.41, 5.74) is 5.14. The van der Waals surface area contributed by atoms with Gasteiger partial charge in [-0.05, 0) is 59.4 Å². The van der Waals surface area contributed by atoms with Crippen molar-refractivity contribution in [3.8, 4) is 16.9 Å². The zero-order valence-corrected chi connectivity index (χ0v) is 19.2. The number of benzene rings is 2. The number of carboxylic acid groups (broad SMARTS) is 1. The number of aromatic hydroxyl groups is 1. The van der Waals surface area contributed by atoms with E-state index in [4.69, 9.17) is 10.5 Å². The second kappa shape index (κ2) is 10.3. The molecule has 0 saturated heterocycles. The summed E-state index contributed by atoms with van der Waals surface area (Å²) >= 11 is 0. The molecule has 0 saturated carbocycles. The van der Waals surface area contributed by atoms with Crippen LogP contribution in [0.4, 0.5) is 0 Å². The third-order valence-electron chi connectivity index (χ3n) is 6.05. The van der Waals surface area contributed by atoms with Crippen molar-refractivity contribution >= 4 is 17.5 Å². The highest BCUT2D eigenvalue weighted by molar-refractivity contribution is 6.41. The van der Waals surface area contributed by atoms with E-state index >= 15 is 0 Å². The van der Waals surface area contributed by atoms with Crippen LogP contribution in [0, 0.1) is 18.3 Å². The lowest BCUT2D eigenvalue weighted by molar-refractivity contribution is -0.141. The zero-order valence-electron chi connectivity index (χ0n) is 19.2. The summed E-state index contributed by atoms with van der Waals surface area (Å²) in [5.74, 6) is -1.90. The number of phenols is 1. The third-order valence-corrected chi connectivity index (χ3v) is 6.05. The Hall–Kier alpha value is -3.67. The molecule has 0 aliphatic heterocycles. The Balaban J connectivity index is 1.82. The summed E-state index contributed by atoms with van der Waals surface area (Å²) in [5, 5.41) is 27.8. The fraction of sp³-hybridized carbons (Fsp3) is 0.296. The largest absolute Gasteiger partial charge is 0.508 e.